The summed E-state index contributed by atoms with van der Waals surface area (Å²) >= 11 is 4.97. The highest BCUT2D eigenvalue weighted by atomic mass is 32.1. The molecule has 1 N–H and O–H groups in total. The number of carboxylic acid groups (broad SMARTS) is 1. The molecule has 5 nitrogen and oxygen atoms in total. The summed E-state index contributed by atoms with van der Waals surface area (Å²) in [4.78, 5) is 26.6. The number of carboxylic acids is 1. The fourth-order valence-electron chi connectivity index (χ4n) is 5.17. The van der Waals surface area contributed by atoms with Gasteiger partial charge in [0.1, 0.15) is 11.7 Å². The number of nitrogens with zero attached hydrogens (tertiary/aromatic N) is 1. The number of rotatable bonds is 9. The second-order valence-corrected chi connectivity index (χ2v) is 12.1. The summed E-state index contributed by atoms with van der Waals surface area (Å²) in [5.41, 5.74) is 0.0239. The van der Waals surface area contributed by atoms with E-state index in [4.69, 9.17) is 12.6 Å². The van der Waals surface area contributed by atoms with E-state index in [1.165, 1.54) is 16.9 Å². The number of aliphatic carboxylic acids is 1. The quantitative estimate of drug-likeness (QED) is 0.301. The Balaban J connectivity index is 1.54. The minimum absolute atomic E-state index is 0.0597. The van der Waals surface area contributed by atoms with Crippen molar-refractivity contribution in [1.29, 1.82) is 0 Å². The van der Waals surface area contributed by atoms with Crippen LogP contribution >= 0.6 is 20.4 Å². The fraction of sp³-hybridized carbons (Fsp3) is 0.667. The lowest BCUT2D eigenvalue weighted by Crippen LogP contribution is -2.51. The van der Waals surface area contributed by atoms with Crippen molar-refractivity contribution in [3.05, 3.63) is 35.9 Å². The molecule has 1 aliphatic heterocycles. The molecule has 170 valence electrons. The van der Waals surface area contributed by atoms with Crippen molar-refractivity contribution in [2.75, 3.05) is 18.9 Å². The van der Waals surface area contributed by atoms with Crippen LogP contribution in [0, 0.1) is 5.92 Å². The van der Waals surface area contributed by atoms with Crippen LogP contribution in [-0.4, -0.2) is 51.0 Å². The van der Waals surface area contributed by atoms with Gasteiger partial charge in [-0.3, -0.25) is 4.79 Å². The topological polar surface area (TPSA) is 74.7 Å². The van der Waals surface area contributed by atoms with Crippen molar-refractivity contribution in [2.45, 2.75) is 75.0 Å². The molecule has 1 aromatic rings. The highest BCUT2D eigenvalue weighted by Crippen LogP contribution is 2.48. The van der Waals surface area contributed by atoms with Gasteiger partial charge in [0.05, 0.1) is 0 Å². The highest BCUT2D eigenvalue weighted by molar-refractivity contribution is 7.81. The first kappa shape index (κ1) is 24.3. The van der Waals surface area contributed by atoms with Gasteiger partial charge in [0.2, 0.25) is 6.16 Å². The maximum Gasteiger partial charge on any atom is 0.348 e. The summed E-state index contributed by atoms with van der Waals surface area (Å²) < 4.78 is 12.4. The van der Waals surface area contributed by atoms with Crippen LogP contribution in [0.3, 0.4) is 0 Å². The lowest BCUT2D eigenvalue weighted by molar-refractivity contribution is -0.154. The molecule has 1 amide bonds. The molecule has 1 heterocycles. The molecule has 31 heavy (non-hydrogen) atoms. The number of hydrogen-bond donors (Lipinski definition) is 2. The zero-order valence-corrected chi connectivity index (χ0v) is 20.3. The number of aryl methyl sites for hydroxylation is 1. The molecule has 0 spiro atoms. The fourth-order valence-corrected chi connectivity index (χ4v) is 6.86. The van der Waals surface area contributed by atoms with Gasteiger partial charge in [-0.25, -0.2) is 4.79 Å². The summed E-state index contributed by atoms with van der Waals surface area (Å²) in [6.45, 7) is 2.04. The summed E-state index contributed by atoms with van der Waals surface area (Å²) in [6.07, 6.45) is 8.87. The van der Waals surface area contributed by atoms with Gasteiger partial charge in [-0.05, 0) is 56.9 Å². The zero-order chi connectivity index (χ0) is 22.5. The highest BCUT2D eigenvalue weighted by Gasteiger charge is 2.55. The number of thiol groups is 1. The van der Waals surface area contributed by atoms with Gasteiger partial charge in [0, 0.05) is 11.3 Å². The lowest BCUT2D eigenvalue weighted by atomic mass is 9.76. The lowest BCUT2D eigenvalue weighted by Gasteiger charge is -2.38. The van der Waals surface area contributed by atoms with E-state index in [0.29, 0.717) is 19.1 Å². The smallest absolute Gasteiger partial charge is 0.348 e. The molecule has 0 radical (unpaired) electrons. The van der Waals surface area contributed by atoms with E-state index in [0.717, 1.165) is 44.9 Å². The van der Waals surface area contributed by atoms with Gasteiger partial charge in [-0.2, -0.15) is 12.6 Å². The first-order chi connectivity index (χ1) is 14.7. The van der Waals surface area contributed by atoms with Crippen molar-refractivity contribution in [3.8, 4) is 0 Å². The molecule has 2 fully saturated rings. The molecule has 2 aliphatic rings. The summed E-state index contributed by atoms with van der Waals surface area (Å²) in [7, 11) is -1.67. The molecule has 0 bridgehead atoms. The molecule has 1 aliphatic carbocycles. The Kier molecular flexibility index (Phi) is 8.20. The average Bonchev–Trinajstić information content (AvgIpc) is 3.13. The molecule has 3 unspecified atom stereocenters. The number of carbonyl (C=O) groups excluding carboxylic acids is 1. The maximum atomic E-state index is 13.0. The van der Waals surface area contributed by atoms with Crippen LogP contribution in [-0.2, 0) is 20.6 Å². The van der Waals surface area contributed by atoms with Crippen LogP contribution in [0.1, 0.15) is 63.9 Å². The van der Waals surface area contributed by atoms with Crippen molar-refractivity contribution >= 4 is 32.3 Å². The largest absolute Gasteiger partial charge is 0.480 e. The van der Waals surface area contributed by atoms with E-state index >= 15 is 0 Å². The third kappa shape index (κ3) is 5.90. The van der Waals surface area contributed by atoms with E-state index in [1.807, 2.05) is 18.2 Å². The summed E-state index contributed by atoms with van der Waals surface area (Å²) in [6, 6.07) is 10.2. The summed E-state index contributed by atoms with van der Waals surface area (Å²) in [5, 5.41) is 9.92. The Morgan fingerprint density at radius 2 is 1.84 bits per heavy atom. The second kappa shape index (κ2) is 10.5. The molecule has 1 saturated heterocycles. The number of amides is 1. The third-order valence-electron chi connectivity index (χ3n) is 7.16. The second-order valence-electron chi connectivity index (χ2n) is 9.45. The Bertz CT molecular complexity index is 796. The SMILES string of the molecule is CC1(C(=O)O)CC(C2(S)CCCCC2)CN1C(=O)C[P+](=O)CCCCc1ccccc1. The van der Waals surface area contributed by atoms with Gasteiger partial charge in [0.15, 0.2) is 0 Å². The molecular weight excluding hydrogens is 429 g/mol. The Hall–Kier alpha value is -1.39. The average molecular weight is 465 g/mol. The number of hydrogen-bond acceptors (Lipinski definition) is 4. The zero-order valence-electron chi connectivity index (χ0n) is 18.5. The first-order valence-electron chi connectivity index (χ1n) is 11.5. The molecule has 1 aromatic carbocycles. The molecule has 3 rings (SSSR count). The Morgan fingerprint density at radius 3 is 2.48 bits per heavy atom. The Labute approximate surface area is 192 Å². The summed E-state index contributed by atoms with van der Waals surface area (Å²) in [5.74, 6) is -1.21. The van der Waals surface area contributed by atoms with E-state index in [-0.39, 0.29) is 22.7 Å². The van der Waals surface area contributed by atoms with Crippen molar-refractivity contribution in [1.82, 2.24) is 4.90 Å². The molecular formula is C24H35NO4PS+. The van der Waals surface area contributed by atoms with Crippen molar-refractivity contribution in [3.63, 3.8) is 0 Å². The molecule has 7 heteroatoms. The Morgan fingerprint density at radius 1 is 1.16 bits per heavy atom. The monoisotopic (exact) mass is 464 g/mol. The van der Waals surface area contributed by atoms with Crippen LogP contribution in [0.4, 0.5) is 0 Å². The first-order valence-corrected chi connectivity index (χ1v) is 13.5. The van der Waals surface area contributed by atoms with Gasteiger partial charge in [-0.15, -0.1) is 0 Å². The normalized spacial score (nSPS) is 25.9. The van der Waals surface area contributed by atoms with Crippen LogP contribution in [0.25, 0.3) is 0 Å². The van der Waals surface area contributed by atoms with Gasteiger partial charge in [-0.1, -0.05) is 54.2 Å². The van der Waals surface area contributed by atoms with Crippen LogP contribution < -0.4 is 0 Å². The van der Waals surface area contributed by atoms with E-state index < -0.39 is 19.3 Å². The maximum absolute atomic E-state index is 13.0. The number of benzene rings is 1. The van der Waals surface area contributed by atoms with Gasteiger partial charge in [0.25, 0.3) is 5.91 Å². The van der Waals surface area contributed by atoms with Crippen molar-refractivity contribution < 1.29 is 19.3 Å². The molecule has 3 atom stereocenters. The van der Waals surface area contributed by atoms with Crippen LogP contribution in [0.5, 0.6) is 0 Å². The van der Waals surface area contributed by atoms with E-state index in [1.54, 1.807) is 6.92 Å². The predicted molar refractivity (Wildman–Crippen MR) is 127 cm³/mol. The van der Waals surface area contributed by atoms with Crippen LogP contribution in [0.2, 0.25) is 0 Å². The number of unbranched alkanes of at least 4 members (excludes halogenated alkanes) is 1. The number of likely N-dealkylation sites (tertiary alicyclic amines) is 1. The van der Waals surface area contributed by atoms with Crippen molar-refractivity contribution in [2.24, 2.45) is 5.92 Å². The molecule has 0 aromatic heterocycles. The predicted octanol–water partition coefficient (Wildman–Crippen LogP) is 5.16. The van der Waals surface area contributed by atoms with Crippen LogP contribution in [0.15, 0.2) is 30.3 Å². The van der Waals surface area contributed by atoms with Gasteiger partial charge >= 0.3 is 13.8 Å². The van der Waals surface area contributed by atoms with E-state index in [2.05, 4.69) is 12.1 Å². The van der Waals surface area contributed by atoms with E-state index in [9.17, 15) is 19.3 Å². The third-order valence-corrected chi connectivity index (χ3v) is 9.41. The standard InChI is InChI=1S/C24H34NO4PS/c1-23(22(27)28)16-20(24(31)13-7-3-8-14-24)17-25(23)21(26)18-30(29)15-9-6-12-19-10-4-2-5-11-19/h2,4-5,10-11,20H,3,6-9,12-18H2,1H3,(H-,27,28,31)/p+1. The van der Waals surface area contributed by atoms with Gasteiger partial charge < -0.3 is 10.0 Å². The minimum atomic E-state index is -1.67. The minimum Gasteiger partial charge on any atom is -0.480 e. The number of carbonyl (C=O) groups is 2. The molecule has 1 saturated carbocycles.